The topological polar surface area (TPSA) is 79.8 Å². The van der Waals surface area contributed by atoms with Gasteiger partial charge in [-0.2, -0.15) is 0 Å². The number of sulfone groups is 1. The average Bonchev–Trinajstić information content (AvgIpc) is 2.85. The highest BCUT2D eigenvalue weighted by Crippen LogP contribution is 2.34. The van der Waals surface area contributed by atoms with Crippen LogP contribution in [0.2, 0.25) is 0 Å². The predicted molar refractivity (Wildman–Crippen MR) is 125 cm³/mol. The first-order chi connectivity index (χ1) is 12.9. The second-order valence-electron chi connectivity index (χ2n) is 9.07. The lowest BCUT2D eigenvalue weighted by atomic mass is 9.83. The van der Waals surface area contributed by atoms with Crippen molar-refractivity contribution in [2.45, 2.75) is 70.8 Å². The lowest BCUT2D eigenvalue weighted by Gasteiger charge is -2.29. The molecule has 3 rings (SSSR count). The Bertz CT molecular complexity index is 598. The molecule has 0 amide bonds. The molecule has 3 fully saturated rings. The Morgan fingerprint density at radius 1 is 1.11 bits per heavy atom. The van der Waals surface area contributed by atoms with Crippen molar-refractivity contribution < 1.29 is 13.2 Å². The summed E-state index contributed by atoms with van der Waals surface area (Å²) in [7, 11) is -2.83. The van der Waals surface area contributed by atoms with Crippen molar-refractivity contribution in [3.05, 3.63) is 0 Å². The van der Waals surface area contributed by atoms with Gasteiger partial charge in [0.25, 0.3) is 0 Å². The Balaban J connectivity index is 0.00000280. The molecule has 1 saturated carbocycles. The van der Waals surface area contributed by atoms with E-state index in [4.69, 9.17) is 9.73 Å². The molecule has 0 aromatic rings. The van der Waals surface area contributed by atoms with Gasteiger partial charge >= 0.3 is 0 Å². The van der Waals surface area contributed by atoms with Crippen molar-refractivity contribution in [2.24, 2.45) is 16.3 Å². The summed E-state index contributed by atoms with van der Waals surface area (Å²) in [6.45, 7) is 5.49. The number of aliphatic imine (C=N–C) groups is 1. The summed E-state index contributed by atoms with van der Waals surface area (Å²) >= 11 is 0. The van der Waals surface area contributed by atoms with Gasteiger partial charge in [0.15, 0.2) is 15.8 Å². The molecular weight excluding hydrogens is 489 g/mol. The number of halogens is 1. The smallest absolute Gasteiger partial charge is 0.191 e. The highest BCUT2D eigenvalue weighted by Gasteiger charge is 2.29. The fraction of sp³-hybridized carbons (Fsp3) is 0.950. The van der Waals surface area contributed by atoms with Crippen LogP contribution in [0.5, 0.6) is 0 Å². The molecule has 2 N–H and O–H groups in total. The summed E-state index contributed by atoms with van der Waals surface area (Å²) in [4.78, 5) is 4.96. The summed E-state index contributed by atoms with van der Waals surface area (Å²) in [5, 5.41) is 7.04. The van der Waals surface area contributed by atoms with E-state index in [2.05, 4.69) is 17.6 Å². The van der Waals surface area contributed by atoms with Crippen LogP contribution in [0.25, 0.3) is 0 Å². The molecule has 164 valence electrons. The molecule has 0 bridgehead atoms. The zero-order valence-corrected chi connectivity index (χ0v) is 20.4. The van der Waals surface area contributed by atoms with Crippen molar-refractivity contribution in [1.29, 1.82) is 0 Å². The van der Waals surface area contributed by atoms with Gasteiger partial charge in [-0.25, -0.2) is 8.42 Å². The van der Waals surface area contributed by atoms with Crippen LogP contribution in [0.3, 0.4) is 0 Å². The molecule has 0 radical (unpaired) electrons. The number of ether oxygens (including phenoxy) is 1. The zero-order valence-electron chi connectivity index (χ0n) is 17.2. The average molecular weight is 528 g/mol. The molecule has 28 heavy (non-hydrogen) atoms. The standard InChI is InChI=1S/C20H37N3O3S.HI/c1-20(9-4-2-3-5-10-20)16-22-19(23-18-6-11-26-12-7-18)21-14-17-8-13-27(24,25)15-17;/h17-18H,2-16H2,1H3,(H2,21,22,23);1H. The van der Waals surface area contributed by atoms with E-state index in [-0.39, 0.29) is 35.3 Å². The Kier molecular flexibility index (Phi) is 9.80. The van der Waals surface area contributed by atoms with Gasteiger partial charge in [0.2, 0.25) is 0 Å². The van der Waals surface area contributed by atoms with Gasteiger partial charge < -0.3 is 15.4 Å². The predicted octanol–water partition coefficient (Wildman–Crippen LogP) is 3.11. The van der Waals surface area contributed by atoms with E-state index < -0.39 is 9.84 Å². The van der Waals surface area contributed by atoms with Crippen LogP contribution in [-0.4, -0.2) is 58.2 Å². The molecule has 2 aliphatic heterocycles. The van der Waals surface area contributed by atoms with Crippen molar-refractivity contribution in [3.8, 4) is 0 Å². The van der Waals surface area contributed by atoms with Crippen LogP contribution in [0.4, 0.5) is 0 Å². The molecule has 8 heteroatoms. The first-order valence-electron chi connectivity index (χ1n) is 10.8. The van der Waals surface area contributed by atoms with Gasteiger partial charge in [-0.15, -0.1) is 24.0 Å². The summed E-state index contributed by atoms with van der Waals surface area (Å²) < 4.78 is 28.9. The van der Waals surface area contributed by atoms with Crippen LogP contribution in [0.15, 0.2) is 4.99 Å². The summed E-state index contributed by atoms with van der Waals surface area (Å²) in [5.41, 5.74) is 0.289. The van der Waals surface area contributed by atoms with Crippen molar-refractivity contribution in [2.75, 3.05) is 37.8 Å². The third-order valence-corrected chi connectivity index (χ3v) is 8.21. The largest absolute Gasteiger partial charge is 0.381 e. The molecule has 0 spiro atoms. The van der Waals surface area contributed by atoms with E-state index in [1.54, 1.807) is 0 Å². The first kappa shape index (κ1) is 24.2. The first-order valence-corrected chi connectivity index (χ1v) is 12.6. The third kappa shape index (κ3) is 7.97. The Morgan fingerprint density at radius 3 is 2.39 bits per heavy atom. The number of rotatable bonds is 5. The van der Waals surface area contributed by atoms with Crippen LogP contribution >= 0.6 is 24.0 Å². The number of hydrogen-bond donors (Lipinski definition) is 2. The molecule has 1 unspecified atom stereocenters. The molecule has 1 atom stereocenters. The fourth-order valence-electron chi connectivity index (χ4n) is 4.47. The minimum atomic E-state index is -2.83. The lowest BCUT2D eigenvalue weighted by molar-refractivity contribution is 0.0822. The van der Waals surface area contributed by atoms with E-state index in [9.17, 15) is 8.42 Å². The molecule has 2 saturated heterocycles. The second-order valence-corrected chi connectivity index (χ2v) is 11.3. The van der Waals surface area contributed by atoms with E-state index in [1.165, 1.54) is 38.5 Å². The molecule has 0 aromatic heterocycles. The van der Waals surface area contributed by atoms with Crippen LogP contribution in [-0.2, 0) is 14.6 Å². The molecule has 0 aromatic carbocycles. The molecular formula is C20H38IN3O3S. The Morgan fingerprint density at radius 2 is 1.79 bits per heavy atom. The van der Waals surface area contributed by atoms with Crippen molar-refractivity contribution in [1.82, 2.24) is 10.6 Å². The number of guanidine groups is 1. The highest BCUT2D eigenvalue weighted by atomic mass is 127. The van der Waals surface area contributed by atoms with E-state index in [1.807, 2.05) is 0 Å². The van der Waals surface area contributed by atoms with E-state index >= 15 is 0 Å². The Hall–Kier alpha value is -0.0900. The summed E-state index contributed by atoms with van der Waals surface area (Å²) in [5.74, 6) is 1.70. The maximum Gasteiger partial charge on any atom is 0.191 e. The summed E-state index contributed by atoms with van der Waals surface area (Å²) in [6, 6.07) is 0.388. The number of hydrogen-bond acceptors (Lipinski definition) is 4. The second kappa shape index (κ2) is 11.3. The number of nitrogens with one attached hydrogen (secondary N) is 2. The van der Waals surface area contributed by atoms with Crippen LogP contribution < -0.4 is 10.6 Å². The van der Waals surface area contributed by atoms with Gasteiger partial charge in [0, 0.05) is 32.3 Å². The maximum absolute atomic E-state index is 11.7. The van der Waals surface area contributed by atoms with Gasteiger partial charge in [0.1, 0.15) is 0 Å². The summed E-state index contributed by atoms with van der Waals surface area (Å²) in [6.07, 6.45) is 10.6. The highest BCUT2D eigenvalue weighted by molar-refractivity contribution is 14.0. The number of nitrogens with zero attached hydrogens (tertiary/aromatic N) is 1. The minimum Gasteiger partial charge on any atom is -0.381 e. The lowest BCUT2D eigenvalue weighted by Crippen LogP contribution is -2.47. The van der Waals surface area contributed by atoms with Crippen LogP contribution in [0.1, 0.15) is 64.7 Å². The van der Waals surface area contributed by atoms with Gasteiger partial charge in [-0.1, -0.05) is 32.6 Å². The Labute approximate surface area is 188 Å². The molecule has 6 nitrogen and oxygen atoms in total. The maximum atomic E-state index is 11.7. The molecule has 1 aliphatic carbocycles. The molecule has 3 aliphatic rings. The zero-order chi connectivity index (χ0) is 19.2. The third-order valence-electron chi connectivity index (χ3n) is 6.38. The van der Waals surface area contributed by atoms with Crippen molar-refractivity contribution in [3.63, 3.8) is 0 Å². The molecule has 2 heterocycles. The van der Waals surface area contributed by atoms with Gasteiger partial charge in [-0.3, -0.25) is 4.99 Å². The van der Waals surface area contributed by atoms with Crippen molar-refractivity contribution >= 4 is 39.8 Å². The SMILES string of the molecule is CC1(CN=C(NCC2CCS(=O)(=O)C2)NC2CCOCC2)CCCCCC1.I. The fourth-order valence-corrected chi connectivity index (χ4v) is 6.33. The van der Waals surface area contributed by atoms with Gasteiger partial charge in [0.05, 0.1) is 11.5 Å². The van der Waals surface area contributed by atoms with Gasteiger partial charge in [-0.05, 0) is 43.4 Å². The van der Waals surface area contributed by atoms with E-state index in [0.29, 0.717) is 24.1 Å². The van der Waals surface area contributed by atoms with E-state index in [0.717, 1.165) is 45.0 Å². The quantitative estimate of drug-likeness (QED) is 0.249. The van der Waals surface area contributed by atoms with Crippen LogP contribution in [0, 0.1) is 11.3 Å². The normalized spacial score (nSPS) is 28.2. The monoisotopic (exact) mass is 527 g/mol. The minimum absolute atomic E-state index is 0.